The topological polar surface area (TPSA) is 61.4 Å². The fourth-order valence-corrected chi connectivity index (χ4v) is 2.97. The minimum absolute atomic E-state index is 0.00431. The Morgan fingerprint density at radius 3 is 2.45 bits per heavy atom. The molecule has 3 rings (SSSR count). The number of carbonyl (C=O) groups is 2. The molecule has 2 amide bonds. The fraction of sp³-hybridized carbons (Fsp3) is 0.529. The molecule has 5 heteroatoms. The summed E-state index contributed by atoms with van der Waals surface area (Å²) in [6, 6.07) is 9.44. The lowest BCUT2D eigenvalue weighted by Crippen LogP contribution is -2.56. The van der Waals surface area contributed by atoms with Gasteiger partial charge < -0.3 is 15.5 Å². The lowest BCUT2D eigenvalue weighted by molar-refractivity contribution is -0.137. The van der Waals surface area contributed by atoms with Crippen LogP contribution < -0.4 is 10.6 Å². The molecule has 1 unspecified atom stereocenters. The third kappa shape index (κ3) is 3.47. The molecule has 2 N–H and O–H groups in total. The van der Waals surface area contributed by atoms with Crippen molar-refractivity contribution in [2.45, 2.75) is 25.3 Å². The van der Waals surface area contributed by atoms with Gasteiger partial charge in [-0.3, -0.25) is 9.59 Å². The van der Waals surface area contributed by atoms with E-state index in [9.17, 15) is 9.59 Å². The van der Waals surface area contributed by atoms with Crippen molar-refractivity contribution < 1.29 is 9.59 Å². The summed E-state index contributed by atoms with van der Waals surface area (Å²) in [4.78, 5) is 26.8. The van der Waals surface area contributed by atoms with Gasteiger partial charge in [-0.25, -0.2) is 0 Å². The van der Waals surface area contributed by atoms with Gasteiger partial charge in [0.15, 0.2) is 0 Å². The number of benzene rings is 1. The summed E-state index contributed by atoms with van der Waals surface area (Å²) in [7, 11) is 0. The van der Waals surface area contributed by atoms with Crippen molar-refractivity contribution >= 4 is 11.8 Å². The third-order valence-electron chi connectivity index (χ3n) is 4.47. The Morgan fingerprint density at radius 2 is 1.86 bits per heavy atom. The zero-order chi connectivity index (χ0) is 15.4. The van der Waals surface area contributed by atoms with E-state index in [1.807, 2.05) is 35.2 Å². The van der Waals surface area contributed by atoms with E-state index in [1.165, 1.54) is 0 Å². The number of hydrogen-bond donors (Lipinski definition) is 2. The van der Waals surface area contributed by atoms with Crippen molar-refractivity contribution in [1.82, 2.24) is 15.5 Å². The molecule has 5 nitrogen and oxygen atoms in total. The van der Waals surface area contributed by atoms with Crippen molar-refractivity contribution in [2.75, 3.05) is 26.2 Å². The van der Waals surface area contributed by atoms with Crippen LogP contribution in [0.4, 0.5) is 0 Å². The summed E-state index contributed by atoms with van der Waals surface area (Å²) in [5.74, 6) is 0.0545. The molecule has 0 aliphatic carbocycles. The van der Waals surface area contributed by atoms with Gasteiger partial charge in [0.25, 0.3) is 0 Å². The molecule has 2 fully saturated rings. The fourth-order valence-electron chi connectivity index (χ4n) is 2.97. The Bertz CT molecular complexity index is 522. The Labute approximate surface area is 131 Å². The molecule has 0 saturated carbocycles. The van der Waals surface area contributed by atoms with Gasteiger partial charge in [0, 0.05) is 32.6 Å². The summed E-state index contributed by atoms with van der Waals surface area (Å²) in [5, 5.41) is 6.07. The van der Waals surface area contributed by atoms with Crippen molar-refractivity contribution in [1.29, 1.82) is 0 Å². The lowest BCUT2D eigenvalue weighted by Gasteiger charge is -2.30. The average molecular weight is 301 g/mol. The van der Waals surface area contributed by atoms with Gasteiger partial charge >= 0.3 is 0 Å². The molecule has 2 aliphatic heterocycles. The van der Waals surface area contributed by atoms with E-state index in [4.69, 9.17) is 0 Å². The number of nitrogens with one attached hydrogen (secondary N) is 2. The van der Waals surface area contributed by atoms with Crippen LogP contribution >= 0.6 is 0 Å². The van der Waals surface area contributed by atoms with Crippen molar-refractivity contribution in [3.63, 3.8) is 0 Å². The van der Waals surface area contributed by atoms with Gasteiger partial charge in [-0.2, -0.15) is 0 Å². The van der Waals surface area contributed by atoms with Crippen molar-refractivity contribution in [3.05, 3.63) is 35.9 Å². The SMILES string of the molecule is O=C(NC(Cc1ccccc1)C(=O)N1CCCC1)C1CNC1. The summed E-state index contributed by atoms with van der Waals surface area (Å²) >= 11 is 0. The molecule has 2 aliphatic rings. The smallest absolute Gasteiger partial charge is 0.245 e. The quantitative estimate of drug-likeness (QED) is 0.835. The Balaban J connectivity index is 1.68. The zero-order valence-corrected chi connectivity index (χ0v) is 12.8. The lowest BCUT2D eigenvalue weighted by atomic mass is 10.00. The molecule has 0 radical (unpaired) electrons. The molecule has 1 aromatic rings. The Kier molecular flexibility index (Phi) is 4.73. The Morgan fingerprint density at radius 1 is 1.18 bits per heavy atom. The van der Waals surface area contributed by atoms with Crippen LogP contribution in [0.5, 0.6) is 0 Å². The molecule has 22 heavy (non-hydrogen) atoms. The highest BCUT2D eigenvalue weighted by Gasteiger charge is 2.31. The van der Waals surface area contributed by atoms with Crippen LogP contribution in [0.2, 0.25) is 0 Å². The predicted molar refractivity (Wildman–Crippen MR) is 84.3 cm³/mol. The highest BCUT2D eigenvalue weighted by Crippen LogP contribution is 2.13. The average Bonchev–Trinajstić information content (AvgIpc) is 2.99. The van der Waals surface area contributed by atoms with Crippen LogP contribution in [0, 0.1) is 5.92 Å². The summed E-state index contributed by atoms with van der Waals surface area (Å²) in [6.07, 6.45) is 2.68. The molecule has 0 bridgehead atoms. The minimum atomic E-state index is -0.450. The van der Waals surface area contributed by atoms with E-state index in [0.717, 1.165) is 31.5 Å². The predicted octanol–water partition coefficient (Wildman–Crippen LogP) is 0.556. The van der Waals surface area contributed by atoms with Gasteiger partial charge in [0.2, 0.25) is 11.8 Å². The second-order valence-corrected chi connectivity index (χ2v) is 6.14. The first-order valence-corrected chi connectivity index (χ1v) is 8.08. The molecule has 2 saturated heterocycles. The standard InChI is InChI=1S/C17H23N3O2/c21-16(14-11-18-12-14)19-15(10-13-6-2-1-3-7-13)17(22)20-8-4-5-9-20/h1-3,6-7,14-15,18H,4-5,8-12H2,(H,19,21). The monoisotopic (exact) mass is 301 g/mol. The number of hydrogen-bond acceptors (Lipinski definition) is 3. The van der Waals surface area contributed by atoms with Gasteiger partial charge in [-0.1, -0.05) is 30.3 Å². The first-order chi connectivity index (χ1) is 10.7. The second-order valence-electron chi connectivity index (χ2n) is 6.14. The van der Waals surface area contributed by atoms with Crippen LogP contribution in [0.3, 0.4) is 0 Å². The second kappa shape index (κ2) is 6.92. The number of nitrogens with zero attached hydrogens (tertiary/aromatic N) is 1. The van der Waals surface area contributed by atoms with E-state index in [2.05, 4.69) is 10.6 Å². The minimum Gasteiger partial charge on any atom is -0.344 e. The van der Waals surface area contributed by atoms with Gasteiger partial charge in [0.05, 0.1) is 5.92 Å². The number of rotatable bonds is 5. The maximum atomic E-state index is 12.7. The highest BCUT2D eigenvalue weighted by molar-refractivity contribution is 5.89. The summed E-state index contributed by atoms with van der Waals surface area (Å²) in [5.41, 5.74) is 1.08. The first kappa shape index (κ1) is 15.0. The van der Waals surface area contributed by atoms with Crippen LogP contribution in [-0.2, 0) is 16.0 Å². The number of likely N-dealkylation sites (tertiary alicyclic amines) is 1. The normalized spacial score (nSPS) is 19.5. The van der Waals surface area contributed by atoms with Gasteiger partial charge in [0.1, 0.15) is 6.04 Å². The Hall–Kier alpha value is -1.88. The summed E-state index contributed by atoms with van der Waals surface area (Å²) < 4.78 is 0. The van der Waals surface area contributed by atoms with Crippen LogP contribution in [-0.4, -0.2) is 48.9 Å². The molecule has 1 aromatic carbocycles. The van der Waals surface area contributed by atoms with E-state index >= 15 is 0 Å². The van der Waals surface area contributed by atoms with E-state index in [0.29, 0.717) is 19.5 Å². The van der Waals surface area contributed by atoms with Gasteiger partial charge in [-0.15, -0.1) is 0 Å². The van der Waals surface area contributed by atoms with Crippen LogP contribution in [0.15, 0.2) is 30.3 Å². The maximum Gasteiger partial charge on any atom is 0.245 e. The molecule has 2 heterocycles. The molecule has 1 atom stereocenters. The molecule has 118 valence electrons. The van der Waals surface area contributed by atoms with Crippen LogP contribution in [0.25, 0.3) is 0 Å². The van der Waals surface area contributed by atoms with Crippen molar-refractivity contribution in [2.24, 2.45) is 5.92 Å². The molecule has 0 aromatic heterocycles. The molecular formula is C17H23N3O2. The summed E-state index contributed by atoms with van der Waals surface area (Å²) in [6.45, 7) is 3.04. The highest BCUT2D eigenvalue weighted by atomic mass is 16.2. The molecule has 0 spiro atoms. The third-order valence-corrected chi connectivity index (χ3v) is 4.47. The maximum absolute atomic E-state index is 12.7. The molecular weight excluding hydrogens is 278 g/mol. The first-order valence-electron chi connectivity index (χ1n) is 8.08. The van der Waals surface area contributed by atoms with Crippen LogP contribution in [0.1, 0.15) is 18.4 Å². The van der Waals surface area contributed by atoms with E-state index < -0.39 is 6.04 Å². The van der Waals surface area contributed by atoms with E-state index in [-0.39, 0.29) is 17.7 Å². The van der Waals surface area contributed by atoms with Gasteiger partial charge in [-0.05, 0) is 18.4 Å². The number of amides is 2. The van der Waals surface area contributed by atoms with Crippen molar-refractivity contribution in [3.8, 4) is 0 Å². The number of carbonyl (C=O) groups excluding carboxylic acids is 2. The van der Waals surface area contributed by atoms with E-state index in [1.54, 1.807) is 0 Å². The largest absolute Gasteiger partial charge is 0.344 e. The zero-order valence-electron chi connectivity index (χ0n) is 12.8.